The van der Waals surface area contributed by atoms with Crippen LogP contribution in [0.4, 0.5) is 4.39 Å². The van der Waals surface area contributed by atoms with Crippen LogP contribution >= 0.6 is 15.9 Å². The molecule has 8 nitrogen and oxygen atoms in total. The predicted molar refractivity (Wildman–Crippen MR) is 114 cm³/mol. The third-order valence-electron chi connectivity index (χ3n) is 6.10. The van der Waals surface area contributed by atoms with Crippen molar-refractivity contribution in [1.82, 2.24) is 25.2 Å². The molecule has 4 rings (SSSR count). The van der Waals surface area contributed by atoms with E-state index in [2.05, 4.69) is 31.6 Å². The molecule has 0 bridgehead atoms. The summed E-state index contributed by atoms with van der Waals surface area (Å²) < 4.78 is 22.0. The number of rotatable bonds is 5. The Kier molecular flexibility index (Phi) is 6.38. The summed E-state index contributed by atoms with van der Waals surface area (Å²) in [6.45, 7) is 3.92. The highest BCUT2D eigenvalue weighted by Gasteiger charge is 2.37. The molecule has 3 heterocycles. The standard InChI is InChI=1S/C21H25BrFN5O3/c1-12(24-2)18-11-28(26-25-18)10-13-3-5-27(6-4-13)20(29)19-9-15-16(21(30)31-19)7-14(22)8-17(15)23/h7-8,11-13,19,24H,3-6,9-10H2,1-2H3. The zero-order chi connectivity index (χ0) is 22.1. The molecule has 2 aliphatic heterocycles. The molecule has 2 aromatic rings. The Morgan fingerprint density at radius 3 is 2.84 bits per heavy atom. The van der Waals surface area contributed by atoms with Crippen LogP contribution in [-0.2, 0) is 22.5 Å². The van der Waals surface area contributed by atoms with Gasteiger partial charge in [-0.1, -0.05) is 21.1 Å². The van der Waals surface area contributed by atoms with Gasteiger partial charge in [0.25, 0.3) is 5.91 Å². The van der Waals surface area contributed by atoms with Crippen molar-refractivity contribution in [2.75, 3.05) is 20.1 Å². The second kappa shape index (κ2) is 9.04. The molecule has 2 unspecified atom stereocenters. The number of hydrogen-bond acceptors (Lipinski definition) is 6. The fraction of sp³-hybridized carbons (Fsp3) is 0.524. The van der Waals surface area contributed by atoms with Crippen molar-refractivity contribution in [3.8, 4) is 0 Å². The summed E-state index contributed by atoms with van der Waals surface area (Å²) in [6, 6.07) is 2.97. The fourth-order valence-corrected chi connectivity index (χ4v) is 4.53. The molecule has 1 N–H and O–H groups in total. The average Bonchev–Trinajstić information content (AvgIpc) is 3.22. The van der Waals surface area contributed by atoms with Crippen LogP contribution in [0, 0.1) is 11.7 Å². The van der Waals surface area contributed by atoms with Gasteiger partial charge in [0.05, 0.1) is 17.5 Å². The van der Waals surface area contributed by atoms with E-state index < -0.39 is 17.9 Å². The predicted octanol–water partition coefficient (Wildman–Crippen LogP) is 2.48. The molecular weight excluding hydrogens is 469 g/mol. The van der Waals surface area contributed by atoms with Crippen molar-refractivity contribution in [2.24, 2.45) is 5.92 Å². The summed E-state index contributed by atoms with van der Waals surface area (Å²) in [7, 11) is 1.88. The minimum atomic E-state index is -0.979. The maximum absolute atomic E-state index is 14.3. The Morgan fingerprint density at radius 2 is 2.13 bits per heavy atom. The molecule has 2 aliphatic rings. The number of benzene rings is 1. The topological polar surface area (TPSA) is 89.4 Å². The zero-order valence-corrected chi connectivity index (χ0v) is 19.1. The monoisotopic (exact) mass is 493 g/mol. The van der Waals surface area contributed by atoms with Crippen LogP contribution < -0.4 is 5.32 Å². The summed E-state index contributed by atoms with van der Waals surface area (Å²) in [6.07, 6.45) is 2.67. The number of hydrogen-bond donors (Lipinski definition) is 1. The van der Waals surface area contributed by atoms with Crippen LogP contribution in [0.1, 0.15) is 47.4 Å². The van der Waals surface area contributed by atoms with Crippen LogP contribution in [0.5, 0.6) is 0 Å². The zero-order valence-electron chi connectivity index (χ0n) is 17.5. The lowest BCUT2D eigenvalue weighted by Crippen LogP contribution is -2.48. The largest absolute Gasteiger partial charge is 0.448 e. The third kappa shape index (κ3) is 4.64. The number of cyclic esters (lactones) is 1. The Balaban J connectivity index is 1.34. The van der Waals surface area contributed by atoms with Gasteiger partial charge in [-0.3, -0.25) is 9.48 Å². The number of ether oxygens (including phenoxy) is 1. The van der Waals surface area contributed by atoms with E-state index in [0.29, 0.717) is 23.5 Å². The van der Waals surface area contributed by atoms with Crippen molar-refractivity contribution in [1.29, 1.82) is 0 Å². The smallest absolute Gasteiger partial charge is 0.339 e. The maximum Gasteiger partial charge on any atom is 0.339 e. The van der Waals surface area contributed by atoms with Crippen LogP contribution in [0.15, 0.2) is 22.8 Å². The van der Waals surface area contributed by atoms with E-state index in [-0.39, 0.29) is 29.5 Å². The van der Waals surface area contributed by atoms with Crippen molar-refractivity contribution < 1.29 is 18.7 Å². The van der Waals surface area contributed by atoms with Gasteiger partial charge in [0, 0.05) is 42.1 Å². The van der Waals surface area contributed by atoms with Gasteiger partial charge in [0.15, 0.2) is 6.10 Å². The van der Waals surface area contributed by atoms with Crippen LogP contribution in [0.2, 0.25) is 0 Å². The van der Waals surface area contributed by atoms with Crippen LogP contribution in [-0.4, -0.2) is 58.0 Å². The van der Waals surface area contributed by atoms with Gasteiger partial charge >= 0.3 is 5.97 Å². The van der Waals surface area contributed by atoms with Crippen molar-refractivity contribution in [2.45, 2.75) is 44.9 Å². The number of carbonyl (C=O) groups excluding carboxylic acids is 2. The number of carbonyl (C=O) groups is 2. The van der Waals surface area contributed by atoms with Gasteiger partial charge in [-0.2, -0.15) is 0 Å². The normalized spacial score (nSPS) is 20.3. The number of halogens is 2. The second-order valence-electron chi connectivity index (χ2n) is 8.16. The van der Waals surface area contributed by atoms with Crippen molar-refractivity contribution in [3.05, 3.63) is 45.4 Å². The number of esters is 1. The van der Waals surface area contributed by atoms with Gasteiger partial charge in [-0.05, 0) is 44.9 Å². The lowest BCUT2D eigenvalue weighted by Gasteiger charge is -2.35. The molecule has 31 heavy (non-hydrogen) atoms. The molecule has 1 aromatic carbocycles. The SMILES string of the molecule is CNC(C)c1cn(CC2CCN(C(=O)C3Cc4c(F)cc(Br)cc4C(=O)O3)CC2)nn1. The van der Waals surface area contributed by atoms with E-state index in [1.54, 1.807) is 4.90 Å². The summed E-state index contributed by atoms with van der Waals surface area (Å²) in [5.74, 6) is -1.04. The highest BCUT2D eigenvalue weighted by molar-refractivity contribution is 9.10. The Hall–Kier alpha value is -2.33. The summed E-state index contributed by atoms with van der Waals surface area (Å²) in [5, 5.41) is 11.5. The van der Waals surface area contributed by atoms with E-state index in [4.69, 9.17) is 4.74 Å². The number of nitrogens with one attached hydrogen (secondary N) is 1. The number of piperidine rings is 1. The number of likely N-dealkylation sites (tertiary alicyclic amines) is 1. The maximum atomic E-state index is 14.3. The average molecular weight is 494 g/mol. The first-order valence-corrected chi connectivity index (χ1v) is 11.2. The second-order valence-corrected chi connectivity index (χ2v) is 9.07. The molecule has 0 saturated carbocycles. The van der Waals surface area contributed by atoms with Crippen LogP contribution in [0.3, 0.4) is 0 Å². The molecule has 166 valence electrons. The molecule has 1 saturated heterocycles. The minimum absolute atomic E-state index is 0.0599. The highest BCUT2D eigenvalue weighted by Crippen LogP contribution is 2.29. The number of nitrogens with zero attached hydrogens (tertiary/aromatic N) is 4. The Morgan fingerprint density at radius 1 is 1.39 bits per heavy atom. The molecule has 1 amide bonds. The molecular formula is C21H25BrFN5O3. The van der Waals surface area contributed by atoms with E-state index in [1.807, 2.05) is 24.9 Å². The molecule has 2 atom stereocenters. The van der Waals surface area contributed by atoms with E-state index in [9.17, 15) is 14.0 Å². The van der Waals surface area contributed by atoms with Crippen molar-refractivity contribution >= 4 is 27.8 Å². The number of aromatic nitrogens is 3. The van der Waals surface area contributed by atoms with Gasteiger partial charge in [-0.15, -0.1) is 5.10 Å². The number of amides is 1. The summed E-state index contributed by atoms with van der Waals surface area (Å²) in [5.41, 5.74) is 1.31. The van der Waals surface area contributed by atoms with E-state index >= 15 is 0 Å². The first kappa shape index (κ1) is 21.9. The van der Waals surface area contributed by atoms with Gasteiger partial charge in [-0.25, -0.2) is 9.18 Å². The van der Waals surface area contributed by atoms with Gasteiger partial charge < -0.3 is 15.0 Å². The Bertz CT molecular complexity index is 989. The van der Waals surface area contributed by atoms with E-state index in [0.717, 1.165) is 25.1 Å². The first-order valence-electron chi connectivity index (χ1n) is 10.4. The fourth-order valence-electron chi connectivity index (χ4n) is 4.10. The summed E-state index contributed by atoms with van der Waals surface area (Å²) >= 11 is 3.18. The molecule has 1 aromatic heterocycles. The third-order valence-corrected chi connectivity index (χ3v) is 6.56. The molecule has 1 fully saturated rings. The summed E-state index contributed by atoms with van der Waals surface area (Å²) in [4.78, 5) is 27.0. The van der Waals surface area contributed by atoms with E-state index in [1.165, 1.54) is 12.1 Å². The van der Waals surface area contributed by atoms with Crippen LogP contribution in [0.25, 0.3) is 0 Å². The highest BCUT2D eigenvalue weighted by atomic mass is 79.9. The molecule has 10 heteroatoms. The molecule has 0 aliphatic carbocycles. The lowest BCUT2D eigenvalue weighted by molar-refractivity contribution is -0.142. The first-order chi connectivity index (χ1) is 14.9. The van der Waals surface area contributed by atoms with Gasteiger partial charge in [0.1, 0.15) is 5.82 Å². The minimum Gasteiger partial charge on any atom is -0.448 e. The molecule has 0 radical (unpaired) electrons. The lowest BCUT2D eigenvalue weighted by atomic mass is 9.94. The number of fused-ring (bicyclic) bond motifs is 1. The Labute approximate surface area is 188 Å². The quantitative estimate of drug-likeness (QED) is 0.643. The van der Waals surface area contributed by atoms with Gasteiger partial charge in [0.2, 0.25) is 0 Å². The molecule has 0 spiro atoms. The van der Waals surface area contributed by atoms with Crippen molar-refractivity contribution in [3.63, 3.8) is 0 Å².